The first-order valence-corrected chi connectivity index (χ1v) is 5.15. The molecule has 1 atom stereocenters. The van der Waals surface area contributed by atoms with Crippen molar-refractivity contribution in [3.8, 4) is 5.75 Å². The van der Waals surface area contributed by atoms with Crippen molar-refractivity contribution in [2.24, 2.45) is 5.73 Å². The zero-order valence-corrected chi connectivity index (χ0v) is 9.97. The highest BCUT2D eigenvalue weighted by Crippen LogP contribution is 2.14. The average molecular weight is 225 g/mol. The molecule has 0 saturated heterocycles. The third kappa shape index (κ3) is 3.48. The van der Waals surface area contributed by atoms with Gasteiger partial charge in [0.2, 0.25) is 0 Å². The number of hydrogen-bond donors (Lipinski definition) is 1. The minimum atomic E-state index is -0.383. The Morgan fingerprint density at radius 3 is 2.44 bits per heavy atom. The van der Waals surface area contributed by atoms with Gasteiger partial charge in [-0.1, -0.05) is 12.1 Å². The molecule has 4 nitrogen and oxygen atoms in total. The normalized spacial score (nSPS) is 12.8. The first-order valence-electron chi connectivity index (χ1n) is 5.15. The standard InChI is InChI=1S/C12H19NO3/c1-14-10-6-4-5-9(7-10)8-11(13)12(15-2)16-3/h4-7,11-12H,8,13H2,1-3H3. The van der Waals surface area contributed by atoms with Crippen LogP contribution in [0.15, 0.2) is 24.3 Å². The SMILES string of the molecule is COc1cccc(CC(N)C(OC)OC)c1. The quantitative estimate of drug-likeness (QED) is 0.739. The van der Waals surface area contributed by atoms with E-state index < -0.39 is 0 Å². The lowest BCUT2D eigenvalue weighted by molar-refractivity contribution is -0.115. The van der Waals surface area contributed by atoms with Crippen molar-refractivity contribution in [2.75, 3.05) is 21.3 Å². The Labute approximate surface area is 96.3 Å². The van der Waals surface area contributed by atoms with Crippen molar-refractivity contribution in [1.82, 2.24) is 0 Å². The summed E-state index contributed by atoms with van der Waals surface area (Å²) in [4.78, 5) is 0. The predicted molar refractivity (Wildman–Crippen MR) is 62.5 cm³/mol. The van der Waals surface area contributed by atoms with Crippen LogP contribution in [-0.4, -0.2) is 33.7 Å². The van der Waals surface area contributed by atoms with Crippen molar-refractivity contribution < 1.29 is 14.2 Å². The summed E-state index contributed by atoms with van der Waals surface area (Å²) in [5, 5.41) is 0. The summed E-state index contributed by atoms with van der Waals surface area (Å²) in [6, 6.07) is 7.61. The molecular formula is C12H19NO3. The zero-order valence-electron chi connectivity index (χ0n) is 9.97. The van der Waals surface area contributed by atoms with Gasteiger partial charge in [0.05, 0.1) is 13.2 Å². The Kier molecular flexibility index (Phi) is 5.25. The maximum absolute atomic E-state index is 5.97. The summed E-state index contributed by atoms with van der Waals surface area (Å²) < 4.78 is 15.4. The van der Waals surface area contributed by atoms with Gasteiger partial charge in [-0.15, -0.1) is 0 Å². The molecule has 0 bridgehead atoms. The predicted octanol–water partition coefficient (Wildman–Crippen LogP) is 1.18. The van der Waals surface area contributed by atoms with Gasteiger partial charge < -0.3 is 19.9 Å². The molecule has 1 aromatic carbocycles. The third-order valence-corrected chi connectivity index (χ3v) is 2.42. The van der Waals surface area contributed by atoms with Crippen molar-refractivity contribution in [3.05, 3.63) is 29.8 Å². The van der Waals surface area contributed by atoms with Crippen LogP contribution in [0.4, 0.5) is 0 Å². The molecule has 0 aliphatic rings. The molecule has 0 aliphatic carbocycles. The minimum absolute atomic E-state index is 0.192. The Bertz CT molecular complexity index is 313. The lowest BCUT2D eigenvalue weighted by Gasteiger charge is -2.21. The molecule has 16 heavy (non-hydrogen) atoms. The average Bonchev–Trinajstić information content (AvgIpc) is 2.31. The van der Waals surface area contributed by atoms with Crippen molar-refractivity contribution >= 4 is 0 Å². The smallest absolute Gasteiger partial charge is 0.172 e. The third-order valence-electron chi connectivity index (χ3n) is 2.42. The first kappa shape index (κ1) is 13.0. The van der Waals surface area contributed by atoms with Gasteiger partial charge in [-0.25, -0.2) is 0 Å². The molecule has 1 aromatic rings. The number of rotatable bonds is 6. The van der Waals surface area contributed by atoms with Gasteiger partial charge in [-0.05, 0) is 24.1 Å². The van der Waals surface area contributed by atoms with E-state index in [0.29, 0.717) is 6.42 Å². The van der Waals surface area contributed by atoms with E-state index in [9.17, 15) is 0 Å². The molecular weight excluding hydrogens is 206 g/mol. The second kappa shape index (κ2) is 6.48. The highest BCUT2D eigenvalue weighted by molar-refractivity contribution is 5.28. The fourth-order valence-electron chi connectivity index (χ4n) is 1.61. The van der Waals surface area contributed by atoms with E-state index in [4.69, 9.17) is 19.9 Å². The fourth-order valence-corrected chi connectivity index (χ4v) is 1.61. The Hall–Kier alpha value is -1.10. The van der Waals surface area contributed by atoms with Gasteiger partial charge in [0.1, 0.15) is 5.75 Å². The number of methoxy groups -OCH3 is 3. The Morgan fingerprint density at radius 1 is 1.19 bits per heavy atom. The molecule has 0 spiro atoms. The first-order chi connectivity index (χ1) is 7.71. The second-order valence-electron chi connectivity index (χ2n) is 3.56. The van der Waals surface area contributed by atoms with Crippen molar-refractivity contribution in [1.29, 1.82) is 0 Å². The zero-order chi connectivity index (χ0) is 12.0. The van der Waals surface area contributed by atoms with E-state index in [1.807, 2.05) is 24.3 Å². The van der Waals surface area contributed by atoms with Crippen LogP contribution in [0.3, 0.4) is 0 Å². The molecule has 0 radical (unpaired) electrons. The van der Waals surface area contributed by atoms with Crippen LogP contribution in [0.1, 0.15) is 5.56 Å². The van der Waals surface area contributed by atoms with Gasteiger partial charge in [0.15, 0.2) is 6.29 Å². The molecule has 4 heteroatoms. The Balaban J connectivity index is 2.64. The monoisotopic (exact) mass is 225 g/mol. The maximum atomic E-state index is 5.97. The van der Waals surface area contributed by atoms with Crippen LogP contribution < -0.4 is 10.5 Å². The molecule has 1 rings (SSSR count). The number of nitrogens with two attached hydrogens (primary N) is 1. The van der Waals surface area contributed by atoms with Crippen LogP contribution in [0.25, 0.3) is 0 Å². The molecule has 1 unspecified atom stereocenters. The lowest BCUT2D eigenvalue weighted by atomic mass is 10.1. The van der Waals surface area contributed by atoms with Gasteiger partial charge >= 0.3 is 0 Å². The van der Waals surface area contributed by atoms with Crippen LogP contribution in [0, 0.1) is 0 Å². The van der Waals surface area contributed by atoms with Crippen LogP contribution in [0.2, 0.25) is 0 Å². The number of benzene rings is 1. The van der Waals surface area contributed by atoms with E-state index in [-0.39, 0.29) is 12.3 Å². The molecule has 0 saturated carbocycles. The summed E-state index contributed by atoms with van der Waals surface area (Å²) in [6.07, 6.45) is 0.301. The van der Waals surface area contributed by atoms with Crippen molar-refractivity contribution in [2.45, 2.75) is 18.8 Å². The largest absolute Gasteiger partial charge is 0.497 e. The number of ether oxygens (including phenoxy) is 3. The van der Waals surface area contributed by atoms with Gasteiger partial charge in [0, 0.05) is 14.2 Å². The molecule has 0 fully saturated rings. The summed E-state index contributed by atoms with van der Waals surface area (Å²) in [7, 11) is 4.81. The van der Waals surface area contributed by atoms with Crippen molar-refractivity contribution in [3.63, 3.8) is 0 Å². The molecule has 0 aromatic heterocycles. The summed E-state index contributed by atoms with van der Waals surface area (Å²) >= 11 is 0. The van der Waals surface area contributed by atoms with Crippen LogP contribution in [-0.2, 0) is 15.9 Å². The van der Waals surface area contributed by atoms with Gasteiger partial charge in [0.25, 0.3) is 0 Å². The van der Waals surface area contributed by atoms with Gasteiger partial charge in [-0.2, -0.15) is 0 Å². The van der Waals surface area contributed by atoms with E-state index >= 15 is 0 Å². The second-order valence-corrected chi connectivity index (χ2v) is 3.56. The van der Waals surface area contributed by atoms with E-state index in [1.165, 1.54) is 0 Å². The lowest BCUT2D eigenvalue weighted by Crippen LogP contribution is -2.39. The van der Waals surface area contributed by atoms with E-state index in [1.54, 1.807) is 21.3 Å². The minimum Gasteiger partial charge on any atom is -0.497 e. The number of hydrogen-bond acceptors (Lipinski definition) is 4. The topological polar surface area (TPSA) is 53.7 Å². The molecule has 0 heterocycles. The summed E-state index contributed by atoms with van der Waals surface area (Å²) in [5.41, 5.74) is 7.07. The van der Waals surface area contributed by atoms with E-state index in [2.05, 4.69) is 0 Å². The molecule has 2 N–H and O–H groups in total. The summed E-state index contributed by atoms with van der Waals surface area (Å²) in [6.45, 7) is 0. The fraction of sp³-hybridized carbons (Fsp3) is 0.500. The van der Waals surface area contributed by atoms with E-state index in [0.717, 1.165) is 11.3 Å². The van der Waals surface area contributed by atoms with Gasteiger partial charge in [-0.3, -0.25) is 0 Å². The van der Waals surface area contributed by atoms with Crippen LogP contribution in [0.5, 0.6) is 5.75 Å². The van der Waals surface area contributed by atoms with Crippen LogP contribution >= 0.6 is 0 Å². The highest BCUT2D eigenvalue weighted by Gasteiger charge is 2.16. The molecule has 0 amide bonds. The highest BCUT2D eigenvalue weighted by atomic mass is 16.7. The maximum Gasteiger partial charge on any atom is 0.172 e. The molecule has 0 aliphatic heterocycles. The summed E-state index contributed by atoms with van der Waals surface area (Å²) in [5.74, 6) is 0.830. The molecule has 90 valence electrons. The Morgan fingerprint density at radius 2 is 1.88 bits per heavy atom.